The van der Waals surface area contributed by atoms with Crippen LogP contribution in [0.4, 0.5) is 0 Å². The number of guanidine groups is 1. The van der Waals surface area contributed by atoms with E-state index in [0.29, 0.717) is 19.6 Å². The van der Waals surface area contributed by atoms with Crippen molar-refractivity contribution in [1.29, 1.82) is 0 Å². The number of amides is 1. The number of carbonyl (C=O) groups is 1. The molecule has 5 nitrogen and oxygen atoms in total. The highest BCUT2D eigenvalue weighted by molar-refractivity contribution is 6.31. The van der Waals surface area contributed by atoms with Crippen molar-refractivity contribution in [3.05, 3.63) is 34.9 Å². The molecule has 0 fully saturated rings. The van der Waals surface area contributed by atoms with Crippen molar-refractivity contribution < 1.29 is 4.79 Å². The Bertz CT molecular complexity index is 517. The van der Waals surface area contributed by atoms with Gasteiger partial charge in [0, 0.05) is 44.7 Å². The van der Waals surface area contributed by atoms with E-state index in [0.717, 1.165) is 16.5 Å². The second-order valence-electron chi connectivity index (χ2n) is 5.37. The average molecular weight is 325 g/mol. The van der Waals surface area contributed by atoms with Crippen molar-refractivity contribution in [2.75, 3.05) is 27.2 Å². The molecule has 1 rings (SSSR count). The van der Waals surface area contributed by atoms with E-state index < -0.39 is 0 Å². The molecule has 1 amide bonds. The highest BCUT2D eigenvalue weighted by Crippen LogP contribution is 2.16. The van der Waals surface area contributed by atoms with E-state index in [2.05, 4.69) is 15.6 Å². The van der Waals surface area contributed by atoms with Gasteiger partial charge in [0.25, 0.3) is 0 Å². The summed E-state index contributed by atoms with van der Waals surface area (Å²) in [5.74, 6) is 0.821. The predicted octanol–water partition coefficient (Wildman–Crippen LogP) is 2.12. The third-order valence-electron chi connectivity index (χ3n) is 3.17. The molecule has 0 aliphatic heterocycles. The molecule has 0 heterocycles. The van der Waals surface area contributed by atoms with Crippen molar-refractivity contribution in [3.8, 4) is 0 Å². The van der Waals surface area contributed by atoms with Crippen molar-refractivity contribution >= 4 is 23.5 Å². The highest BCUT2D eigenvalue weighted by Gasteiger charge is 2.09. The first-order valence-corrected chi connectivity index (χ1v) is 7.76. The highest BCUT2D eigenvalue weighted by atomic mass is 35.5. The van der Waals surface area contributed by atoms with E-state index in [1.54, 1.807) is 7.05 Å². The quantitative estimate of drug-likeness (QED) is 0.479. The lowest BCUT2D eigenvalue weighted by molar-refractivity contribution is -0.123. The van der Waals surface area contributed by atoms with Gasteiger partial charge >= 0.3 is 0 Å². The first-order valence-electron chi connectivity index (χ1n) is 7.38. The number of hydrogen-bond donors (Lipinski definition) is 2. The molecule has 0 bridgehead atoms. The van der Waals surface area contributed by atoms with Crippen LogP contribution in [-0.4, -0.2) is 44.0 Å². The molecule has 0 atom stereocenters. The number of carbonyl (C=O) groups excluding carboxylic acids is 1. The van der Waals surface area contributed by atoms with Gasteiger partial charge in [-0.05, 0) is 11.6 Å². The Morgan fingerprint density at radius 3 is 2.50 bits per heavy atom. The minimum Gasteiger partial charge on any atom is -0.354 e. The van der Waals surface area contributed by atoms with Gasteiger partial charge in [-0.1, -0.05) is 43.6 Å². The Balaban J connectivity index is 2.44. The molecule has 0 spiro atoms. The standard InChI is InChI=1S/C16H25ClN4O/c1-12(2)15(22)19-9-10-20-16(18-3)21(4)11-13-7-5-6-8-14(13)17/h5-8,12H,9-11H2,1-4H3,(H,18,20)(H,19,22). The molecule has 22 heavy (non-hydrogen) atoms. The molecule has 6 heteroatoms. The maximum Gasteiger partial charge on any atom is 0.222 e. The fourth-order valence-electron chi connectivity index (χ4n) is 1.91. The van der Waals surface area contributed by atoms with Gasteiger partial charge in [-0.2, -0.15) is 0 Å². The van der Waals surface area contributed by atoms with Crippen molar-refractivity contribution in [3.63, 3.8) is 0 Å². The second kappa shape index (κ2) is 9.30. The molecule has 0 aromatic heterocycles. The molecule has 0 radical (unpaired) electrons. The van der Waals surface area contributed by atoms with Crippen LogP contribution < -0.4 is 10.6 Å². The Morgan fingerprint density at radius 2 is 1.91 bits per heavy atom. The van der Waals surface area contributed by atoms with Crippen LogP contribution in [0.15, 0.2) is 29.3 Å². The SMILES string of the molecule is CN=C(NCCNC(=O)C(C)C)N(C)Cc1ccccc1Cl. The lowest BCUT2D eigenvalue weighted by atomic mass is 10.2. The van der Waals surface area contributed by atoms with E-state index in [-0.39, 0.29) is 11.8 Å². The van der Waals surface area contributed by atoms with Gasteiger partial charge in [0.2, 0.25) is 5.91 Å². The van der Waals surface area contributed by atoms with Crippen LogP contribution in [0.25, 0.3) is 0 Å². The molecule has 1 aromatic carbocycles. The van der Waals surface area contributed by atoms with Crippen LogP contribution in [0.1, 0.15) is 19.4 Å². The van der Waals surface area contributed by atoms with E-state index >= 15 is 0 Å². The lowest BCUT2D eigenvalue weighted by Crippen LogP contribution is -2.42. The number of nitrogens with one attached hydrogen (secondary N) is 2. The molecule has 122 valence electrons. The van der Waals surface area contributed by atoms with Crippen molar-refractivity contribution in [2.24, 2.45) is 10.9 Å². The zero-order valence-electron chi connectivity index (χ0n) is 13.7. The first kappa shape index (κ1) is 18.3. The molecule has 0 aliphatic rings. The van der Waals surface area contributed by atoms with E-state index in [1.165, 1.54) is 0 Å². The third-order valence-corrected chi connectivity index (χ3v) is 3.54. The summed E-state index contributed by atoms with van der Waals surface area (Å²) in [7, 11) is 3.68. The van der Waals surface area contributed by atoms with Gasteiger partial charge in [0.15, 0.2) is 5.96 Å². The summed E-state index contributed by atoms with van der Waals surface area (Å²) in [6, 6.07) is 7.75. The zero-order chi connectivity index (χ0) is 16.5. The number of benzene rings is 1. The smallest absolute Gasteiger partial charge is 0.222 e. The number of halogens is 1. The minimum atomic E-state index is 0.00205. The summed E-state index contributed by atoms with van der Waals surface area (Å²) >= 11 is 6.17. The van der Waals surface area contributed by atoms with E-state index in [4.69, 9.17) is 11.6 Å². The van der Waals surface area contributed by atoms with Gasteiger partial charge in [0.05, 0.1) is 0 Å². The number of aliphatic imine (C=N–C) groups is 1. The van der Waals surface area contributed by atoms with Crippen LogP contribution in [-0.2, 0) is 11.3 Å². The van der Waals surface area contributed by atoms with Gasteiger partial charge in [0.1, 0.15) is 0 Å². The minimum absolute atomic E-state index is 0.00205. The molecule has 1 aromatic rings. The average Bonchev–Trinajstić information content (AvgIpc) is 2.49. The summed E-state index contributed by atoms with van der Waals surface area (Å²) in [6.07, 6.45) is 0. The molecular weight excluding hydrogens is 300 g/mol. The summed E-state index contributed by atoms with van der Waals surface area (Å²) in [6.45, 7) is 5.60. The maximum absolute atomic E-state index is 11.5. The van der Waals surface area contributed by atoms with E-state index in [9.17, 15) is 4.79 Å². The van der Waals surface area contributed by atoms with Gasteiger partial charge < -0.3 is 15.5 Å². The molecule has 0 unspecified atom stereocenters. The Morgan fingerprint density at radius 1 is 1.27 bits per heavy atom. The van der Waals surface area contributed by atoms with Crippen LogP contribution in [0.2, 0.25) is 5.02 Å². The maximum atomic E-state index is 11.5. The fraction of sp³-hybridized carbons (Fsp3) is 0.500. The van der Waals surface area contributed by atoms with Crippen molar-refractivity contribution in [2.45, 2.75) is 20.4 Å². The normalized spacial score (nSPS) is 11.5. The van der Waals surface area contributed by atoms with Gasteiger partial charge in [-0.25, -0.2) is 0 Å². The monoisotopic (exact) mass is 324 g/mol. The van der Waals surface area contributed by atoms with Gasteiger partial charge in [-0.15, -0.1) is 0 Å². The van der Waals surface area contributed by atoms with Gasteiger partial charge in [-0.3, -0.25) is 9.79 Å². The number of rotatable bonds is 6. The molecule has 0 saturated heterocycles. The first-order chi connectivity index (χ1) is 10.5. The number of hydrogen-bond acceptors (Lipinski definition) is 2. The molecule has 2 N–H and O–H groups in total. The second-order valence-corrected chi connectivity index (χ2v) is 5.77. The zero-order valence-corrected chi connectivity index (χ0v) is 14.4. The van der Waals surface area contributed by atoms with Crippen LogP contribution in [0, 0.1) is 5.92 Å². The molecule has 0 aliphatic carbocycles. The van der Waals surface area contributed by atoms with Crippen molar-refractivity contribution in [1.82, 2.24) is 15.5 Å². The fourth-order valence-corrected chi connectivity index (χ4v) is 2.10. The number of nitrogens with zero attached hydrogens (tertiary/aromatic N) is 2. The van der Waals surface area contributed by atoms with Crippen LogP contribution >= 0.6 is 11.6 Å². The predicted molar refractivity (Wildman–Crippen MR) is 92.1 cm³/mol. The molecular formula is C16H25ClN4O. The van der Waals surface area contributed by atoms with Crippen LogP contribution in [0.5, 0.6) is 0 Å². The Labute approximate surface area is 137 Å². The Kier molecular flexibility index (Phi) is 7.74. The third kappa shape index (κ3) is 5.93. The Hall–Kier alpha value is -1.75. The van der Waals surface area contributed by atoms with E-state index in [1.807, 2.05) is 50.1 Å². The lowest BCUT2D eigenvalue weighted by Gasteiger charge is -2.22. The summed E-state index contributed by atoms with van der Waals surface area (Å²) in [5.41, 5.74) is 1.04. The molecule has 0 saturated carbocycles. The van der Waals surface area contributed by atoms with Crippen LogP contribution in [0.3, 0.4) is 0 Å². The summed E-state index contributed by atoms with van der Waals surface area (Å²) in [4.78, 5) is 17.7. The largest absolute Gasteiger partial charge is 0.354 e. The topological polar surface area (TPSA) is 56.7 Å². The summed E-state index contributed by atoms with van der Waals surface area (Å²) < 4.78 is 0. The summed E-state index contributed by atoms with van der Waals surface area (Å²) in [5, 5.41) is 6.83.